The highest BCUT2D eigenvalue weighted by atomic mass is 35.5. The molecule has 0 saturated carbocycles. The smallest absolute Gasteiger partial charge is 0.221 e. The summed E-state index contributed by atoms with van der Waals surface area (Å²) in [7, 11) is 0. The molecule has 1 aromatic rings. The third kappa shape index (κ3) is 2.46. The minimum atomic E-state index is -0.0603. The molecular formula is C10H12ClNO. The Kier molecular flexibility index (Phi) is 3.32. The molecule has 0 unspecified atom stereocenters. The van der Waals surface area contributed by atoms with Crippen LogP contribution in [-0.4, -0.2) is 5.91 Å². The van der Waals surface area contributed by atoms with E-state index in [1.54, 1.807) is 0 Å². The highest BCUT2D eigenvalue weighted by Gasteiger charge is 2.03. The van der Waals surface area contributed by atoms with Crippen molar-refractivity contribution in [1.29, 1.82) is 0 Å². The van der Waals surface area contributed by atoms with Gasteiger partial charge in [-0.1, -0.05) is 12.1 Å². The largest absolute Gasteiger partial charge is 0.326 e. The van der Waals surface area contributed by atoms with Crippen LogP contribution >= 0.6 is 11.6 Å². The molecule has 0 bridgehead atoms. The number of amides is 1. The van der Waals surface area contributed by atoms with Crippen molar-refractivity contribution in [2.45, 2.75) is 19.7 Å². The van der Waals surface area contributed by atoms with Crippen LogP contribution in [0.25, 0.3) is 0 Å². The zero-order chi connectivity index (χ0) is 9.84. The lowest BCUT2D eigenvalue weighted by Gasteiger charge is -2.09. The quantitative estimate of drug-likeness (QED) is 0.726. The van der Waals surface area contributed by atoms with Crippen molar-refractivity contribution < 1.29 is 4.79 Å². The van der Waals surface area contributed by atoms with Gasteiger partial charge < -0.3 is 5.32 Å². The second kappa shape index (κ2) is 4.28. The van der Waals surface area contributed by atoms with Crippen LogP contribution in [0.5, 0.6) is 0 Å². The van der Waals surface area contributed by atoms with Crippen LogP contribution < -0.4 is 5.32 Å². The van der Waals surface area contributed by atoms with Crippen LogP contribution in [0.15, 0.2) is 18.2 Å². The van der Waals surface area contributed by atoms with E-state index >= 15 is 0 Å². The zero-order valence-corrected chi connectivity index (χ0v) is 8.48. The standard InChI is InChI=1S/C10H12ClNO/c1-7-9(6-11)4-3-5-10(7)12-8(2)13/h3-5H,6H2,1-2H3,(H,12,13). The lowest BCUT2D eigenvalue weighted by atomic mass is 10.1. The Labute approximate surface area is 82.9 Å². The highest BCUT2D eigenvalue weighted by Crippen LogP contribution is 2.19. The van der Waals surface area contributed by atoms with Crippen molar-refractivity contribution in [3.05, 3.63) is 29.3 Å². The second-order valence-corrected chi connectivity index (χ2v) is 3.17. The molecule has 0 heterocycles. The predicted molar refractivity (Wildman–Crippen MR) is 55.0 cm³/mol. The maximum atomic E-state index is 10.8. The van der Waals surface area contributed by atoms with Gasteiger partial charge in [0.05, 0.1) is 0 Å². The van der Waals surface area contributed by atoms with Gasteiger partial charge in [-0.25, -0.2) is 0 Å². The Morgan fingerprint density at radius 1 is 1.54 bits per heavy atom. The molecule has 1 amide bonds. The summed E-state index contributed by atoms with van der Waals surface area (Å²) >= 11 is 5.73. The first kappa shape index (κ1) is 10.1. The van der Waals surface area contributed by atoms with Gasteiger partial charge in [-0.2, -0.15) is 0 Å². The van der Waals surface area contributed by atoms with Crippen molar-refractivity contribution in [2.24, 2.45) is 0 Å². The van der Waals surface area contributed by atoms with E-state index in [2.05, 4.69) is 5.32 Å². The maximum Gasteiger partial charge on any atom is 0.221 e. The van der Waals surface area contributed by atoms with E-state index in [0.29, 0.717) is 5.88 Å². The second-order valence-electron chi connectivity index (χ2n) is 2.90. The van der Waals surface area contributed by atoms with Gasteiger partial charge in [0.2, 0.25) is 5.91 Å². The maximum absolute atomic E-state index is 10.8. The van der Waals surface area contributed by atoms with Crippen molar-refractivity contribution in [1.82, 2.24) is 0 Å². The summed E-state index contributed by atoms with van der Waals surface area (Å²) in [6.07, 6.45) is 0. The van der Waals surface area contributed by atoms with Crippen molar-refractivity contribution in [3.8, 4) is 0 Å². The number of hydrogen-bond acceptors (Lipinski definition) is 1. The summed E-state index contributed by atoms with van der Waals surface area (Å²) in [4.78, 5) is 10.8. The van der Waals surface area contributed by atoms with Gasteiger partial charge >= 0.3 is 0 Å². The average molecular weight is 198 g/mol. The topological polar surface area (TPSA) is 29.1 Å². The minimum Gasteiger partial charge on any atom is -0.326 e. The molecule has 0 spiro atoms. The van der Waals surface area contributed by atoms with E-state index < -0.39 is 0 Å². The molecule has 70 valence electrons. The van der Waals surface area contributed by atoms with Crippen LogP contribution in [0, 0.1) is 6.92 Å². The predicted octanol–water partition coefficient (Wildman–Crippen LogP) is 2.69. The Balaban J connectivity index is 3.01. The van der Waals surface area contributed by atoms with E-state index in [-0.39, 0.29) is 5.91 Å². The molecule has 0 aromatic heterocycles. The summed E-state index contributed by atoms with van der Waals surface area (Å²) < 4.78 is 0. The van der Waals surface area contributed by atoms with Gasteiger partial charge in [-0.3, -0.25) is 4.79 Å². The molecule has 1 N–H and O–H groups in total. The summed E-state index contributed by atoms with van der Waals surface area (Å²) in [5.41, 5.74) is 2.92. The third-order valence-corrected chi connectivity index (χ3v) is 2.19. The monoisotopic (exact) mass is 197 g/mol. The van der Waals surface area contributed by atoms with Gasteiger partial charge in [0.1, 0.15) is 0 Å². The normalized spacial score (nSPS) is 9.77. The molecule has 0 atom stereocenters. The number of alkyl halides is 1. The highest BCUT2D eigenvalue weighted by molar-refractivity contribution is 6.17. The molecule has 0 fully saturated rings. The van der Waals surface area contributed by atoms with E-state index in [4.69, 9.17) is 11.6 Å². The molecule has 2 nitrogen and oxygen atoms in total. The Morgan fingerprint density at radius 2 is 2.23 bits per heavy atom. The van der Waals surface area contributed by atoms with Gasteiger partial charge in [-0.15, -0.1) is 11.6 Å². The van der Waals surface area contributed by atoms with Crippen molar-refractivity contribution in [2.75, 3.05) is 5.32 Å². The number of benzene rings is 1. The molecular weight excluding hydrogens is 186 g/mol. The van der Waals surface area contributed by atoms with Crippen LogP contribution in [-0.2, 0) is 10.7 Å². The summed E-state index contributed by atoms with van der Waals surface area (Å²) in [6, 6.07) is 5.70. The fourth-order valence-electron chi connectivity index (χ4n) is 1.15. The number of halogens is 1. The summed E-state index contributed by atoms with van der Waals surface area (Å²) in [5.74, 6) is 0.411. The van der Waals surface area contributed by atoms with Crippen LogP contribution in [0.1, 0.15) is 18.1 Å². The summed E-state index contributed by atoms with van der Waals surface area (Å²) in [5, 5.41) is 2.75. The Hall–Kier alpha value is -1.02. The van der Waals surface area contributed by atoms with E-state index in [0.717, 1.165) is 16.8 Å². The molecule has 13 heavy (non-hydrogen) atoms. The Morgan fingerprint density at radius 3 is 2.77 bits per heavy atom. The van der Waals surface area contributed by atoms with Gasteiger partial charge in [-0.05, 0) is 24.1 Å². The number of carbonyl (C=O) groups excluding carboxylic acids is 1. The number of anilines is 1. The number of rotatable bonds is 2. The Bertz CT molecular complexity index is 323. The fourth-order valence-corrected chi connectivity index (χ4v) is 1.44. The first-order valence-electron chi connectivity index (χ1n) is 4.07. The van der Waals surface area contributed by atoms with Crippen LogP contribution in [0.4, 0.5) is 5.69 Å². The SMILES string of the molecule is CC(=O)Nc1cccc(CCl)c1C. The molecule has 0 aliphatic heterocycles. The fraction of sp³-hybridized carbons (Fsp3) is 0.300. The molecule has 0 aliphatic carbocycles. The van der Waals surface area contributed by atoms with Gasteiger partial charge in [0, 0.05) is 18.5 Å². The lowest BCUT2D eigenvalue weighted by Crippen LogP contribution is -2.07. The van der Waals surface area contributed by atoms with E-state index in [1.165, 1.54) is 6.92 Å². The third-order valence-electron chi connectivity index (χ3n) is 1.90. The first-order valence-corrected chi connectivity index (χ1v) is 4.60. The van der Waals surface area contributed by atoms with E-state index in [9.17, 15) is 4.79 Å². The molecule has 0 saturated heterocycles. The van der Waals surface area contributed by atoms with Crippen LogP contribution in [0.3, 0.4) is 0 Å². The van der Waals surface area contributed by atoms with Gasteiger partial charge in [0.15, 0.2) is 0 Å². The van der Waals surface area contributed by atoms with Crippen molar-refractivity contribution in [3.63, 3.8) is 0 Å². The lowest BCUT2D eigenvalue weighted by molar-refractivity contribution is -0.114. The molecule has 0 radical (unpaired) electrons. The average Bonchev–Trinajstić information content (AvgIpc) is 2.08. The molecule has 0 aliphatic rings. The zero-order valence-electron chi connectivity index (χ0n) is 7.73. The van der Waals surface area contributed by atoms with E-state index in [1.807, 2.05) is 25.1 Å². The molecule has 1 rings (SSSR count). The van der Waals surface area contributed by atoms with Crippen molar-refractivity contribution >= 4 is 23.2 Å². The number of nitrogens with one attached hydrogen (secondary N) is 1. The summed E-state index contributed by atoms with van der Waals surface area (Å²) in [6.45, 7) is 3.44. The molecule has 1 aromatic carbocycles. The van der Waals surface area contributed by atoms with Gasteiger partial charge in [0.25, 0.3) is 0 Å². The minimum absolute atomic E-state index is 0.0603. The number of carbonyl (C=O) groups is 1. The first-order chi connectivity index (χ1) is 6.15. The van der Waals surface area contributed by atoms with Crippen LogP contribution in [0.2, 0.25) is 0 Å². The number of hydrogen-bond donors (Lipinski definition) is 1. The molecule has 3 heteroatoms.